The van der Waals surface area contributed by atoms with Gasteiger partial charge in [-0.3, -0.25) is 4.79 Å². The van der Waals surface area contributed by atoms with Crippen molar-refractivity contribution in [1.82, 2.24) is 4.90 Å². The van der Waals surface area contributed by atoms with Crippen molar-refractivity contribution in [2.45, 2.75) is 45.6 Å². The van der Waals surface area contributed by atoms with Crippen LogP contribution in [-0.4, -0.2) is 36.0 Å². The topological polar surface area (TPSA) is 72.3 Å². The number of primary amides is 1. The maximum absolute atomic E-state index is 11.6. The van der Waals surface area contributed by atoms with Gasteiger partial charge in [0.2, 0.25) is 5.91 Å². The zero-order valence-electron chi connectivity index (χ0n) is 11.4. The van der Waals surface area contributed by atoms with E-state index in [0.29, 0.717) is 18.4 Å². The van der Waals surface area contributed by atoms with Crippen LogP contribution in [0.5, 0.6) is 0 Å². The van der Waals surface area contributed by atoms with E-state index < -0.39 is 5.54 Å². The minimum absolute atomic E-state index is 0.297. The van der Waals surface area contributed by atoms with Crippen LogP contribution >= 0.6 is 0 Å². The van der Waals surface area contributed by atoms with Crippen LogP contribution in [0.2, 0.25) is 0 Å². The Morgan fingerprint density at radius 3 is 2.41 bits per heavy atom. The molecule has 2 atom stereocenters. The van der Waals surface area contributed by atoms with Crippen LogP contribution in [0.1, 0.15) is 40.0 Å². The Balaban J connectivity index is 2.61. The molecule has 100 valence electrons. The number of nitrogens with zero attached hydrogens (tertiary/aromatic N) is 1. The number of hydrogen-bond donors (Lipinski definition) is 2. The van der Waals surface area contributed by atoms with E-state index in [-0.39, 0.29) is 5.91 Å². The summed E-state index contributed by atoms with van der Waals surface area (Å²) in [7, 11) is 0. The SMILES string of the molecule is CCC(C)CN(CC)CC(N)(C(N)=O)C1CC1. The minimum atomic E-state index is -0.816. The van der Waals surface area contributed by atoms with Gasteiger partial charge in [0.15, 0.2) is 0 Å². The zero-order valence-corrected chi connectivity index (χ0v) is 11.4. The van der Waals surface area contributed by atoms with E-state index in [9.17, 15) is 4.79 Å². The summed E-state index contributed by atoms with van der Waals surface area (Å²) in [6.45, 7) is 9.03. The first-order chi connectivity index (χ1) is 7.93. The summed E-state index contributed by atoms with van der Waals surface area (Å²) in [5.74, 6) is 0.583. The Labute approximate surface area is 105 Å². The molecule has 0 saturated heterocycles. The van der Waals surface area contributed by atoms with Gasteiger partial charge >= 0.3 is 0 Å². The summed E-state index contributed by atoms with van der Waals surface area (Å²) in [6, 6.07) is 0. The highest BCUT2D eigenvalue weighted by atomic mass is 16.1. The van der Waals surface area contributed by atoms with Gasteiger partial charge < -0.3 is 16.4 Å². The van der Waals surface area contributed by atoms with E-state index in [1.807, 2.05) is 0 Å². The Morgan fingerprint density at radius 2 is 2.06 bits per heavy atom. The van der Waals surface area contributed by atoms with E-state index >= 15 is 0 Å². The summed E-state index contributed by atoms with van der Waals surface area (Å²) in [5, 5.41) is 0. The molecule has 0 radical (unpaired) electrons. The molecule has 0 aromatic carbocycles. The second-order valence-corrected chi connectivity index (χ2v) is 5.52. The summed E-state index contributed by atoms with van der Waals surface area (Å²) in [4.78, 5) is 13.8. The number of carbonyl (C=O) groups is 1. The second kappa shape index (κ2) is 5.83. The Bertz CT molecular complexity index is 265. The normalized spacial score (nSPS) is 21.2. The lowest BCUT2D eigenvalue weighted by Gasteiger charge is -2.33. The predicted molar refractivity (Wildman–Crippen MR) is 70.4 cm³/mol. The number of nitrogens with two attached hydrogens (primary N) is 2. The van der Waals surface area contributed by atoms with E-state index in [0.717, 1.165) is 32.4 Å². The Kier molecular flexibility index (Phi) is 4.95. The lowest BCUT2D eigenvalue weighted by atomic mass is 9.92. The van der Waals surface area contributed by atoms with Crippen LogP contribution in [0.3, 0.4) is 0 Å². The van der Waals surface area contributed by atoms with Crippen LogP contribution in [0.4, 0.5) is 0 Å². The van der Waals surface area contributed by atoms with Crippen molar-refractivity contribution in [3.8, 4) is 0 Å². The lowest BCUT2D eigenvalue weighted by Crippen LogP contribution is -2.61. The third-order valence-electron chi connectivity index (χ3n) is 3.96. The average molecular weight is 241 g/mol. The molecule has 0 aromatic heterocycles. The summed E-state index contributed by atoms with van der Waals surface area (Å²) in [5.41, 5.74) is 10.9. The van der Waals surface area contributed by atoms with Crippen molar-refractivity contribution < 1.29 is 4.79 Å². The van der Waals surface area contributed by atoms with Gasteiger partial charge in [-0.2, -0.15) is 0 Å². The molecule has 0 aliphatic heterocycles. The predicted octanol–water partition coefficient (Wildman–Crippen LogP) is 0.947. The number of likely N-dealkylation sites (N-methyl/N-ethyl adjacent to an activating group) is 1. The molecule has 4 N–H and O–H groups in total. The third kappa shape index (κ3) is 3.68. The van der Waals surface area contributed by atoms with Gasteiger partial charge in [-0.05, 0) is 31.2 Å². The zero-order chi connectivity index (χ0) is 13.1. The van der Waals surface area contributed by atoms with Gasteiger partial charge in [0, 0.05) is 13.1 Å². The number of rotatable bonds is 8. The van der Waals surface area contributed by atoms with Crippen LogP contribution in [0.25, 0.3) is 0 Å². The molecule has 1 rings (SSSR count). The van der Waals surface area contributed by atoms with Gasteiger partial charge in [-0.1, -0.05) is 27.2 Å². The largest absolute Gasteiger partial charge is 0.368 e. The van der Waals surface area contributed by atoms with Crippen molar-refractivity contribution in [1.29, 1.82) is 0 Å². The fourth-order valence-corrected chi connectivity index (χ4v) is 2.25. The van der Waals surface area contributed by atoms with Crippen molar-refractivity contribution in [2.24, 2.45) is 23.3 Å². The quantitative estimate of drug-likeness (QED) is 0.664. The third-order valence-corrected chi connectivity index (χ3v) is 3.96. The van der Waals surface area contributed by atoms with Crippen LogP contribution in [-0.2, 0) is 4.79 Å². The standard InChI is InChI=1S/C13H27N3O/c1-4-10(3)8-16(5-2)9-13(15,12(14)17)11-6-7-11/h10-11H,4-9,15H2,1-3H3,(H2,14,17). The Morgan fingerprint density at radius 1 is 1.47 bits per heavy atom. The summed E-state index contributed by atoms with van der Waals surface area (Å²) in [6.07, 6.45) is 3.23. The molecule has 1 aliphatic carbocycles. The van der Waals surface area contributed by atoms with Crippen molar-refractivity contribution in [2.75, 3.05) is 19.6 Å². The van der Waals surface area contributed by atoms with Crippen molar-refractivity contribution in [3.05, 3.63) is 0 Å². The molecule has 0 spiro atoms. The van der Waals surface area contributed by atoms with E-state index in [1.165, 1.54) is 0 Å². The monoisotopic (exact) mass is 241 g/mol. The molecule has 1 aliphatic rings. The molecule has 1 saturated carbocycles. The molecule has 17 heavy (non-hydrogen) atoms. The highest BCUT2D eigenvalue weighted by Crippen LogP contribution is 2.38. The van der Waals surface area contributed by atoms with E-state index in [1.54, 1.807) is 0 Å². The van der Waals surface area contributed by atoms with Gasteiger partial charge in [0.1, 0.15) is 5.54 Å². The molecule has 4 nitrogen and oxygen atoms in total. The highest BCUT2D eigenvalue weighted by molar-refractivity contribution is 5.85. The fourth-order valence-electron chi connectivity index (χ4n) is 2.25. The van der Waals surface area contributed by atoms with E-state index in [2.05, 4.69) is 25.7 Å². The highest BCUT2D eigenvalue weighted by Gasteiger charge is 2.47. The number of carbonyl (C=O) groups excluding carboxylic acids is 1. The second-order valence-electron chi connectivity index (χ2n) is 5.52. The summed E-state index contributed by atoms with van der Waals surface area (Å²) >= 11 is 0. The molecular formula is C13H27N3O. The minimum Gasteiger partial charge on any atom is -0.368 e. The summed E-state index contributed by atoms with van der Waals surface area (Å²) < 4.78 is 0. The smallest absolute Gasteiger partial charge is 0.239 e. The molecule has 0 heterocycles. The average Bonchev–Trinajstić information content (AvgIpc) is 3.11. The molecule has 1 amide bonds. The molecule has 4 heteroatoms. The Hall–Kier alpha value is -0.610. The first kappa shape index (κ1) is 14.5. The van der Waals surface area contributed by atoms with Crippen molar-refractivity contribution >= 4 is 5.91 Å². The first-order valence-corrected chi connectivity index (χ1v) is 6.75. The van der Waals surface area contributed by atoms with Crippen LogP contribution < -0.4 is 11.5 Å². The maximum Gasteiger partial charge on any atom is 0.239 e. The van der Waals surface area contributed by atoms with Crippen molar-refractivity contribution in [3.63, 3.8) is 0 Å². The van der Waals surface area contributed by atoms with Crippen LogP contribution in [0.15, 0.2) is 0 Å². The fraction of sp³-hybridized carbons (Fsp3) is 0.923. The van der Waals surface area contributed by atoms with Gasteiger partial charge in [-0.25, -0.2) is 0 Å². The van der Waals surface area contributed by atoms with Gasteiger partial charge in [-0.15, -0.1) is 0 Å². The molecule has 0 aromatic rings. The molecular weight excluding hydrogens is 214 g/mol. The molecule has 1 fully saturated rings. The van der Waals surface area contributed by atoms with Crippen LogP contribution in [0, 0.1) is 11.8 Å². The first-order valence-electron chi connectivity index (χ1n) is 6.75. The van der Waals surface area contributed by atoms with Gasteiger partial charge in [0.25, 0.3) is 0 Å². The van der Waals surface area contributed by atoms with Gasteiger partial charge in [0.05, 0.1) is 0 Å². The lowest BCUT2D eigenvalue weighted by molar-refractivity contribution is -0.124. The molecule has 0 bridgehead atoms. The van der Waals surface area contributed by atoms with E-state index in [4.69, 9.17) is 11.5 Å². The molecule has 2 unspecified atom stereocenters. The number of hydrogen-bond acceptors (Lipinski definition) is 3. The number of amides is 1. The maximum atomic E-state index is 11.6.